The molecule has 5 rings (SSSR count). The number of hydrogen-bond donors (Lipinski definition) is 1. The number of hydrogen-bond acceptors (Lipinski definition) is 5. The number of rotatable bonds is 5. The molecule has 1 unspecified atom stereocenters. The van der Waals surface area contributed by atoms with Crippen molar-refractivity contribution in [2.75, 3.05) is 12.4 Å². The minimum atomic E-state index is -0.555. The summed E-state index contributed by atoms with van der Waals surface area (Å²) in [5.41, 5.74) is 4.22. The number of methoxy groups -OCH3 is 1. The number of halogens is 2. The smallest absolute Gasteiger partial charge is 0.187 e. The molecule has 1 aliphatic rings. The number of thiazole rings is 1. The van der Waals surface area contributed by atoms with Crippen molar-refractivity contribution in [1.29, 1.82) is 0 Å². The number of fused-ring (bicyclic) bond motifs is 1. The van der Waals surface area contributed by atoms with Crippen molar-refractivity contribution in [3.63, 3.8) is 0 Å². The number of aryl methyl sites for hydroxylation is 2. The van der Waals surface area contributed by atoms with Crippen molar-refractivity contribution in [3.05, 3.63) is 82.4 Å². The van der Waals surface area contributed by atoms with Crippen LogP contribution in [-0.2, 0) is 6.42 Å². The first-order valence-electron chi connectivity index (χ1n) is 10.4. The monoisotopic (exact) mass is 452 g/mol. The molecule has 0 fully saturated rings. The average Bonchev–Trinajstić information content (AvgIpc) is 3.38. The molecule has 32 heavy (non-hydrogen) atoms. The van der Waals surface area contributed by atoms with E-state index in [0.717, 1.165) is 58.1 Å². The van der Waals surface area contributed by atoms with Gasteiger partial charge in [-0.05, 0) is 56.0 Å². The highest BCUT2D eigenvalue weighted by atomic mass is 32.1. The molecule has 0 saturated heterocycles. The maximum absolute atomic E-state index is 13.8. The molecule has 1 aliphatic carbocycles. The van der Waals surface area contributed by atoms with E-state index >= 15 is 0 Å². The van der Waals surface area contributed by atoms with Gasteiger partial charge < -0.3 is 14.6 Å². The van der Waals surface area contributed by atoms with Crippen molar-refractivity contribution in [2.24, 2.45) is 0 Å². The molecular weight excluding hydrogens is 430 g/mol. The highest BCUT2D eigenvalue weighted by Crippen LogP contribution is 2.41. The van der Waals surface area contributed by atoms with Crippen molar-refractivity contribution in [1.82, 2.24) is 14.5 Å². The predicted octanol–water partition coefficient (Wildman–Crippen LogP) is 6.14. The third kappa shape index (κ3) is 3.98. The normalized spacial score (nSPS) is 15.4. The topological polar surface area (TPSA) is 52.0 Å². The average molecular weight is 453 g/mol. The standard InChI is InChI=1S/C24H22F2N4OS/c1-14-12-30(13-27-14)20-7-6-18(11-21(20)31-2)28-24-29-23-19(4-3-5-22(23)32-24)15-8-16(25)10-17(26)9-15/h6-13,19H,3-5H2,1-2H3,(H,28,29). The molecule has 4 aromatic rings. The highest BCUT2D eigenvalue weighted by Gasteiger charge is 2.27. The molecule has 0 saturated carbocycles. The second-order valence-corrected chi connectivity index (χ2v) is 8.99. The molecule has 1 N–H and O–H groups in total. The molecule has 0 aliphatic heterocycles. The number of ether oxygens (including phenoxy) is 1. The number of nitrogens with zero attached hydrogens (tertiary/aromatic N) is 3. The lowest BCUT2D eigenvalue weighted by atomic mass is 9.85. The first-order chi connectivity index (χ1) is 15.5. The SMILES string of the molecule is COc1cc(Nc2nc3c(s2)CCCC3c2cc(F)cc(F)c2)ccc1-n1cnc(C)c1. The summed E-state index contributed by atoms with van der Waals surface area (Å²) >= 11 is 1.59. The number of imidazole rings is 1. The van der Waals surface area contributed by atoms with Gasteiger partial charge in [-0.1, -0.05) is 0 Å². The van der Waals surface area contributed by atoms with Crippen molar-refractivity contribution < 1.29 is 13.5 Å². The van der Waals surface area contributed by atoms with Crippen LogP contribution in [0.1, 0.15) is 40.6 Å². The zero-order chi connectivity index (χ0) is 22.2. The summed E-state index contributed by atoms with van der Waals surface area (Å²) in [6, 6.07) is 9.59. The van der Waals surface area contributed by atoms with Crippen LogP contribution in [0.15, 0.2) is 48.9 Å². The van der Waals surface area contributed by atoms with Gasteiger partial charge in [0, 0.05) is 34.8 Å². The maximum atomic E-state index is 13.8. The van der Waals surface area contributed by atoms with Crippen LogP contribution in [0, 0.1) is 18.6 Å². The zero-order valence-electron chi connectivity index (χ0n) is 17.7. The first kappa shape index (κ1) is 20.6. The Labute approximate surface area is 188 Å². The molecule has 2 aromatic carbocycles. The fraction of sp³-hybridized carbons (Fsp3) is 0.250. The second-order valence-electron chi connectivity index (χ2n) is 7.91. The number of aromatic nitrogens is 3. The summed E-state index contributed by atoms with van der Waals surface area (Å²) in [4.78, 5) is 10.2. The highest BCUT2D eigenvalue weighted by molar-refractivity contribution is 7.15. The van der Waals surface area contributed by atoms with Gasteiger partial charge in [-0.25, -0.2) is 18.7 Å². The molecule has 0 spiro atoms. The fourth-order valence-corrected chi connectivity index (χ4v) is 5.30. The number of anilines is 2. The van der Waals surface area contributed by atoms with E-state index < -0.39 is 11.6 Å². The molecule has 1 atom stereocenters. The Kier molecular flexibility index (Phi) is 5.38. The van der Waals surface area contributed by atoms with E-state index in [-0.39, 0.29) is 5.92 Å². The van der Waals surface area contributed by atoms with Crippen molar-refractivity contribution in [3.8, 4) is 11.4 Å². The summed E-state index contributed by atoms with van der Waals surface area (Å²) in [6.07, 6.45) is 6.40. The van der Waals surface area contributed by atoms with Crippen LogP contribution in [0.3, 0.4) is 0 Å². The van der Waals surface area contributed by atoms with Crippen LogP contribution in [0.4, 0.5) is 19.6 Å². The molecule has 2 heterocycles. The molecule has 5 nitrogen and oxygen atoms in total. The quantitative estimate of drug-likeness (QED) is 0.395. The van der Waals surface area contributed by atoms with E-state index in [9.17, 15) is 8.78 Å². The Balaban J connectivity index is 1.43. The predicted molar refractivity (Wildman–Crippen MR) is 121 cm³/mol. The van der Waals surface area contributed by atoms with E-state index in [4.69, 9.17) is 9.72 Å². The van der Waals surface area contributed by atoms with Gasteiger partial charge in [0.15, 0.2) is 5.13 Å². The van der Waals surface area contributed by atoms with Gasteiger partial charge in [0.05, 0.1) is 30.5 Å². The Hall–Kier alpha value is -3.26. The van der Waals surface area contributed by atoms with E-state index in [0.29, 0.717) is 11.3 Å². The molecule has 0 amide bonds. The second kappa shape index (κ2) is 8.35. The lowest BCUT2D eigenvalue weighted by molar-refractivity contribution is 0.413. The summed E-state index contributed by atoms with van der Waals surface area (Å²) < 4.78 is 35.1. The zero-order valence-corrected chi connectivity index (χ0v) is 18.5. The van der Waals surface area contributed by atoms with Crippen molar-refractivity contribution >= 4 is 22.2 Å². The van der Waals surface area contributed by atoms with Crippen LogP contribution in [0.25, 0.3) is 5.69 Å². The van der Waals surface area contributed by atoms with Gasteiger partial charge in [-0.3, -0.25) is 0 Å². The van der Waals surface area contributed by atoms with Crippen LogP contribution < -0.4 is 10.1 Å². The van der Waals surface area contributed by atoms with E-state index in [1.165, 1.54) is 12.1 Å². The van der Waals surface area contributed by atoms with Crippen LogP contribution in [0.2, 0.25) is 0 Å². The fourth-order valence-electron chi connectivity index (χ4n) is 4.22. The van der Waals surface area contributed by atoms with E-state index in [2.05, 4.69) is 10.3 Å². The molecule has 0 radical (unpaired) electrons. The largest absolute Gasteiger partial charge is 0.494 e. The number of benzene rings is 2. The van der Waals surface area contributed by atoms with E-state index in [1.807, 2.05) is 35.9 Å². The minimum absolute atomic E-state index is 0.0999. The molecule has 164 valence electrons. The third-order valence-corrected chi connectivity index (χ3v) is 6.71. The maximum Gasteiger partial charge on any atom is 0.187 e. The lowest BCUT2D eigenvalue weighted by Gasteiger charge is -2.21. The van der Waals surface area contributed by atoms with Gasteiger partial charge in [0.2, 0.25) is 0 Å². The van der Waals surface area contributed by atoms with Gasteiger partial charge >= 0.3 is 0 Å². The van der Waals surface area contributed by atoms with Crippen LogP contribution in [0.5, 0.6) is 5.75 Å². The van der Waals surface area contributed by atoms with Crippen LogP contribution in [-0.4, -0.2) is 21.6 Å². The van der Waals surface area contributed by atoms with Gasteiger partial charge in [0.1, 0.15) is 17.4 Å². The Morgan fingerprint density at radius 1 is 1.16 bits per heavy atom. The van der Waals surface area contributed by atoms with Gasteiger partial charge in [-0.15, -0.1) is 11.3 Å². The van der Waals surface area contributed by atoms with Crippen molar-refractivity contribution in [2.45, 2.75) is 32.1 Å². The lowest BCUT2D eigenvalue weighted by Crippen LogP contribution is -2.10. The van der Waals surface area contributed by atoms with Gasteiger partial charge in [-0.2, -0.15) is 0 Å². The van der Waals surface area contributed by atoms with Crippen LogP contribution >= 0.6 is 11.3 Å². The minimum Gasteiger partial charge on any atom is -0.494 e. The van der Waals surface area contributed by atoms with Gasteiger partial charge in [0.25, 0.3) is 0 Å². The Morgan fingerprint density at radius 3 is 2.69 bits per heavy atom. The number of nitrogens with one attached hydrogen (secondary N) is 1. The summed E-state index contributed by atoms with van der Waals surface area (Å²) in [6.45, 7) is 1.94. The molecule has 2 aromatic heterocycles. The Morgan fingerprint density at radius 2 is 1.97 bits per heavy atom. The first-order valence-corrected chi connectivity index (χ1v) is 11.2. The molecule has 0 bridgehead atoms. The summed E-state index contributed by atoms with van der Waals surface area (Å²) in [7, 11) is 1.64. The molecule has 8 heteroatoms. The summed E-state index contributed by atoms with van der Waals surface area (Å²) in [5.74, 6) is -0.499. The molecular formula is C24H22F2N4OS. The summed E-state index contributed by atoms with van der Waals surface area (Å²) in [5, 5.41) is 4.13. The Bertz CT molecular complexity index is 1260. The third-order valence-electron chi connectivity index (χ3n) is 5.66. The van der Waals surface area contributed by atoms with E-state index in [1.54, 1.807) is 24.8 Å².